The lowest BCUT2D eigenvalue weighted by Crippen LogP contribution is -2.70. The third-order valence-electron chi connectivity index (χ3n) is 14.9. The zero-order valence-corrected chi connectivity index (χ0v) is 40.1. The van der Waals surface area contributed by atoms with Crippen LogP contribution in [0.15, 0.2) is 22.5 Å². The molecule has 0 aromatic heterocycles. The fourth-order valence-corrected chi connectivity index (χ4v) is 24.7. The first-order chi connectivity index (χ1) is 23.9. The fraction of sp³-hybridized carbons (Fsp3) is 0.850. The first kappa shape index (κ1) is 40.3. The summed E-state index contributed by atoms with van der Waals surface area (Å²) in [6.45, 7) is 39.2. The van der Waals surface area contributed by atoms with E-state index in [1.165, 1.54) is 14.2 Å². The molecule has 3 aliphatic heterocycles. The van der Waals surface area contributed by atoms with Crippen molar-refractivity contribution in [2.24, 2.45) is 33.5 Å². The highest BCUT2D eigenvalue weighted by molar-refractivity contribution is 6.86. The Morgan fingerprint density at radius 2 is 0.868 bits per heavy atom. The standard InChI is InChI=1S/C40H69NO8Si4/c1-33(2)21-46-39(47-22-33)35(52(13,14)15)19-25(50(7,8)9)37(39,31(42)44-5)29-27(35)28-30(41-29)38(32(43)45-6)26(51(10,11)12)20-36(28,53(16,17)18)40(38)48-23-34(3,4)24-49-40/h19-20,27-30,41H,21-24H2,1-18H3/t27-,28-,29+,30+,35-,36+,37-,38+/m1/s1. The van der Waals surface area contributed by atoms with Gasteiger partial charge in [-0.1, -0.05) is 129 Å². The van der Waals surface area contributed by atoms with Gasteiger partial charge in [-0.2, -0.15) is 0 Å². The van der Waals surface area contributed by atoms with E-state index in [-0.39, 0.29) is 34.6 Å². The Bertz CT molecular complexity index is 1550. The topological polar surface area (TPSA) is 102 Å². The molecule has 4 aliphatic carbocycles. The van der Waals surface area contributed by atoms with E-state index in [2.05, 4.69) is 124 Å². The average Bonchev–Trinajstić information content (AvgIpc) is 3.72. The molecule has 53 heavy (non-hydrogen) atoms. The molecule has 7 rings (SSSR count). The molecule has 3 saturated heterocycles. The Morgan fingerprint density at radius 1 is 0.585 bits per heavy atom. The summed E-state index contributed by atoms with van der Waals surface area (Å²) in [4.78, 5) is 30.7. The molecule has 13 heteroatoms. The van der Waals surface area contributed by atoms with Crippen LogP contribution in [0, 0.1) is 33.5 Å². The summed E-state index contributed by atoms with van der Waals surface area (Å²) in [7, 11) is -6.45. The van der Waals surface area contributed by atoms with Gasteiger partial charge in [-0.25, -0.2) is 0 Å². The fourth-order valence-electron chi connectivity index (χ4n) is 13.3. The molecule has 2 spiro atoms. The SMILES string of the molecule is COC(=O)[C@]12C([Si](C)(C)C)=C[C@]([Si](C)(C)C)([C@@H]3[C@@H]4[C@H](N[C@@H]31)[C@@]1(C(=O)OC)C([Si](C)(C)C)=C[C@]4([Si](C)(C)C)C13OCC(C)(C)CO3)C21OCC(C)(C)CO1. The van der Waals surface area contributed by atoms with Gasteiger partial charge in [0.25, 0.3) is 0 Å². The number of methoxy groups -OCH3 is 2. The number of hydrogen-bond acceptors (Lipinski definition) is 9. The zero-order valence-electron chi connectivity index (χ0n) is 36.1. The van der Waals surface area contributed by atoms with Gasteiger partial charge in [0.05, 0.1) is 72.9 Å². The van der Waals surface area contributed by atoms with Gasteiger partial charge < -0.3 is 33.7 Å². The molecule has 3 heterocycles. The monoisotopic (exact) mass is 803 g/mol. The van der Waals surface area contributed by atoms with Gasteiger partial charge in [-0.15, -0.1) is 0 Å². The van der Waals surface area contributed by atoms with E-state index in [0.29, 0.717) is 26.4 Å². The van der Waals surface area contributed by atoms with Crippen LogP contribution in [0.1, 0.15) is 27.7 Å². The van der Waals surface area contributed by atoms with Crippen LogP contribution in [0.2, 0.25) is 88.6 Å². The van der Waals surface area contributed by atoms with Crippen LogP contribution in [-0.4, -0.2) is 109 Å². The summed E-state index contributed by atoms with van der Waals surface area (Å²) < 4.78 is 41.7. The van der Waals surface area contributed by atoms with E-state index >= 15 is 9.59 Å². The number of hydrogen-bond donors (Lipinski definition) is 1. The van der Waals surface area contributed by atoms with E-state index in [1.807, 2.05) is 0 Å². The van der Waals surface area contributed by atoms with E-state index in [4.69, 9.17) is 28.4 Å². The van der Waals surface area contributed by atoms with Gasteiger partial charge >= 0.3 is 11.9 Å². The molecule has 0 unspecified atom stereocenters. The number of nitrogens with one attached hydrogen (secondary N) is 1. The molecule has 8 atom stereocenters. The minimum Gasteiger partial charge on any atom is -0.468 e. The maximum atomic E-state index is 15.4. The van der Waals surface area contributed by atoms with Crippen molar-refractivity contribution in [1.82, 2.24) is 5.32 Å². The largest absolute Gasteiger partial charge is 0.468 e. The third-order valence-corrected chi connectivity index (χ3v) is 25.8. The zero-order chi connectivity index (χ0) is 39.8. The smallest absolute Gasteiger partial charge is 0.322 e. The number of rotatable bonds is 6. The van der Waals surface area contributed by atoms with E-state index in [9.17, 15) is 0 Å². The predicted molar refractivity (Wildman–Crippen MR) is 218 cm³/mol. The van der Waals surface area contributed by atoms with Gasteiger partial charge in [0.15, 0.2) is 22.4 Å². The average molecular weight is 804 g/mol. The molecule has 0 aromatic rings. The Kier molecular flexibility index (Phi) is 8.34. The number of ether oxygens (including phenoxy) is 6. The van der Waals surface area contributed by atoms with Crippen LogP contribution >= 0.6 is 0 Å². The molecule has 1 N–H and O–H groups in total. The Balaban J connectivity index is 1.65. The van der Waals surface area contributed by atoms with Crippen LogP contribution in [0.3, 0.4) is 0 Å². The van der Waals surface area contributed by atoms with Crippen LogP contribution in [0.5, 0.6) is 0 Å². The predicted octanol–water partition coefficient (Wildman–Crippen LogP) is 7.24. The number of carbonyl (C=O) groups is 2. The van der Waals surface area contributed by atoms with Crippen LogP contribution in [0.4, 0.5) is 0 Å². The molecule has 2 saturated carbocycles. The van der Waals surface area contributed by atoms with Crippen molar-refractivity contribution >= 4 is 44.2 Å². The van der Waals surface area contributed by atoms with Crippen LogP contribution in [-0.2, 0) is 38.0 Å². The van der Waals surface area contributed by atoms with Gasteiger partial charge in [-0.05, 0) is 11.8 Å². The lowest BCUT2D eigenvalue weighted by atomic mass is 9.71. The van der Waals surface area contributed by atoms with Gasteiger partial charge in [0.2, 0.25) is 0 Å². The summed E-state index contributed by atoms with van der Waals surface area (Å²) in [6.07, 6.45) is 5.06. The maximum absolute atomic E-state index is 15.4. The molecular weight excluding hydrogens is 735 g/mol. The lowest BCUT2D eigenvalue weighted by molar-refractivity contribution is -0.335. The first-order valence-corrected chi connectivity index (χ1v) is 33.9. The Labute approximate surface area is 323 Å². The summed E-state index contributed by atoms with van der Waals surface area (Å²) >= 11 is 0. The first-order valence-electron chi connectivity index (χ1n) is 19.9. The highest BCUT2D eigenvalue weighted by Crippen LogP contribution is 2.90. The second-order valence-electron chi connectivity index (χ2n) is 23.3. The molecule has 4 bridgehead atoms. The van der Waals surface area contributed by atoms with E-state index in [0.717, 1.165) is 10.4 Å². The van der Waals surface area contributed by atoms with Crippen molar-refractivity contribution in [2.45, 2.75) is 140 Å². The molecule has 5 fully saturated rings. The van der Waals surface area contributed by atoms with Crippen molar-refractivity contribution in [3.05, 3.63) is 22.5 Å². The van der Waals surface area contributed by atoms with Crippen molar-refractivity contribution in [2.75, 3.05) is 40.6 Å². The Hall–Kier alpha value is -0.912. The summed E-state index contributed by atoms with van der Waals surface area (Å²) in [5.41, 5.74) is -2.96. The van der Waals surface area contributed by atoms with E-state index in [1.54, 1.807) is 0 Å². The van der Waals surface area contributed by atoms with Gasteiger partial charge in [0, 0.05) is 33.0 Å². The highest BCUT2D eigenvalue weighted by Gasteiger charge is 2.98. The minimum atomic E-state index is -2.47. The number of fused-ring (bicyclic) bond motifs is 7. The molecule has 298 valence electrons. The molecular formula is C40H69NO8Si4. The number of carbonyl (C=O) groups excluding carboxylic acids is 2. The number of esters is 2. The van der Waals surface area contributed by atoms with Gasteiger partial charge in [0.1, 0.15) is 0 Å². The molecule has 0 aromatic carbocycles. The molecule has 9 nitrogen and oxygen atoms in total. The van der Waals surface area contributed by atoms with Crippen molar-refractivity contribution in [3.63, 3.8) is 0 Å². The van der Waals surface area contributed by atoms with Crippen LogP contribution in [0.25, 0.3) is 0 Å². The summed E-state index contributed by atoms with van der Waals surface area (Å²) in [6, 6.07) is -0.813. The summed E-state index contributed by atoms with van der Waals surface area (Å²) in [5.74, 6) is -3.43. The second kappa shape index (κ2) is 11.0. The van der Waals surface area contributed by atoms with E-state index < -0.39 is 76.9 Å². The van der Waals surface area contributed by atoms with Crippen molar-refractivity contribution in [1.29, 1.82) is 0 Å². The minimum absolute atomic E-state index is 0.142. The van der Waals surface area contributed by atoms with Crippen LogP contribution < -0.4 is 5.32 Å². The maximum Gasteiger partial charge on any atom is 0.322 e. The van der Waals surface area contributed by atoms with Crippen molar-refractivity contribution in [3.8, 4) is 0 Å². The quantitative estimate of drug-likeness (QED) is 0.220. The third kappa shape index (κ3) is 4.21. The van der Waals surface area contributed by atoms with Gasteiger partial charge in [-0.3, -0.25) is 9.59 Å². The highest BCUT2D eigenvalue weighted by atomic mass is 28.3. The lowest BCUT2D eigenvalue weighted by Gasteiger charge is -2.60. The summed E-state index contributed by atoms with van der Waals surface area (Å²) in [5, 5.41) is 5.24. The molecule has 7 aliphatic rings. The van der Waals surface area contributed by atoms with Crippen molar-refractivity contribution < 1.29 is 38.0 Å². The second-order valence-corrected chi connectivity index (χ2v) is 44.1. The normalized spacial score (nSPS) is 41.6. The molecule has 0 amide bonds. The molecule has 0 radical (unpaired) electrons. The Morgan fingerprint density at radius 3 is 1.09 bits per heavy atom.